The van der Waals surface area contributed by atoms with E-state index in [9.17, 15) is 4.79 Å². The largest absolute Gasteiger partial charge is 0.468 e. The molecule has 0 spiro atoms. The maximum absolute atomic E-state index is 11.9. The molecule has 5 nitrogen and oxygen atoms in total. The van der Waals surface area contributed by atoms with Crippen molar-refractivity contribution in [3.63, 3.8) is 0 Å². The van der Waals surface area contributed by atoms with E-state index in [2.05, 4.69) is 4.98 Å². The summed E-state index contributed by atoms with van der Waals surface area (Å²) in [6, 6.07) is 7.58. The minimum atomic E-state index is -0.181. The lowest BCUT2D eigenvalue weighted by atomic mass is 10.3. The standard InChI is InChI=1S/C13H14ClN3O2/c1-16(2)12(18)11-8-17(13(15-11)19-3)10-6-4-5-9(14)7-10/h4-8H,1-3H3. The third-order valence-electron chi connectivity index (χ3n) is 2.57. The van der Waals surface area contributed by atoms with E-state index in [1.165, 1.54) is 12.0 Å². The zero-order chi connectivity index (χ0) is 14.0. The Hall–Kier alpha value is -2.01. The number of carbonyl (C=O) groups excluding carboxylic acids is 1. The molecule has 2 aromatic rings. The quantitative estimate of drug-likeness (QED) is 0.866. The number of methoxy groups -OCH3 is 1. The minimum absolute atomic E-state index is 0.181. The number of ether oxygens (including phenoxy) is 1. The molecule has 1 aromatic carbocycles. The van der Waals surface area contributed by atoms with Crippen molar-refractivity contribution in [3.8, 4) is 11.7 Å². The van der Waals surface area contributed by atoms with Gasteiger partial charge in [0.05, 0.1) is 12.8 Å². The normalized spacial score (nSPS) is 10.3. The number of benzene rings is 1. The highest BCUT2D eigenvalue weighted by molar-refractivity contribution is 6.30. The molecule has 0 aliphatic rings. The summed E-state index contributed by atoms with van der Waals surface area (Å²) in [6.07, 6.45) is 1.63. The van der Waals surface area contributed by atoms with Crippen molar-refractivity contribution >= 4 is 17.5 Å². The van der Waals surface area contributed by atoms with Gasteiger partial charge in [0.2, 0.25) is 0 Å². The van der Waals surface area contributed by atoms with Crippen LogP contribution >= 0.6 is 11.6 Å². The number of imidazole rings is 1. The van der Waals surface area contributed by atoms with Crippen LogP contribution in [0.1, 0.15) is 10.5 Å². The Morgan fingerprint density at radius 3 is 2.74 bits per heavy atom. The maximum atomic E-state index is 11.9. The zero-order valence-electron chi connectivity index (χ0n) is 10.9. The summed E-state index contributed by atoms with van der Waals surface area (Å²) in [4.78, 5) is 17.5. The van der Waals surface area contributed by atoms with Crippen LogP contribution in [0.25, 0.3) is 5.69 Å². The fraction of sp³-hybridized carbons (Fsp3) is 0.231. The fourth-order valence-corrected chi connectivity index (χ4v) is 1.83. The van der Waals surface area contributed by atoms with Crippen molar-refractivity contribution in [2.45, 2.75) is 0 Å². The monoisotopic (exact) mass is 279 g/mol. The Morgan fingerprint density at radius 2 is 2.16 bits per heavy atom. The van der Waals surface area contributed by atoms with Gasteiger partial charge >= 0.3 is 6.01 Å². The van der Waals surface area contributed by atoms with Crippen LogP contribution in [-0.2, 0) is 0 Å². The number of halogens is 1. The molecular formula is C13H14ClN3O2. The predicted molar refractivity (Wildman–Crippen MR) is 73.1 cm³/mol. The van der Waals surface area contributed by atoms with Gasteiger partial charge in [0.25, 0.3) is 5.91 Å². The van der Waals surface area contributed by atoms with Crippen molar-refractivity contribution in [2.75, 3.05) is 21.2 Å². The predicted octanol–water partition coefficient (Wildman–Crippen LogP) is 2.24. The summed E-state index contributed by atoms with van der Waals surface area (Å²) in [7, 11) is 4.85. The molecule has 0 atom stereocenters. The van der Waals surface area contributed by atoms with Gasteiger partial charge in [0.15, 0.2) is 5.69 Å². The maximum Gasteiger partial charge on any atom is 0.301 e. The van der Waals surface area contributed by atoms with Crippen LogP contribution in [-0.4, -0.2) is 41.6 Å². The summed E-state index contributed by atoms with van der Waals surface area (Å²) in [5.74, 6) is -0.181. The molecule has 100 valence electrons. The number of carbonyl (C=O) groups is 1. The van der Waals surface area contributed by atoms with E-state index in [-0.39, 0.29) is 5.91 Å². The summed E-state index contributed by atoms with van der Waals surface area (Å²) < 4.78 is 6.87. The van der Waals surface area contributed by atoms with Crippen LogP contribution in [0.15, 0.2) is 30.5 Å². The average Bonchev–Trinajstić information content (AvgIpc) is 2.81. The highest BCUT2D eigenvalue weighted by atomic mass is 35.5. The van der Waals surface area contributed by atoms with Crippen LogP contribution in [0, 0.1) is 0 Å². The number of hydrogen-bond acceptors (Lipinski definition) is 3. The Labute approximate surface area is 116 Å². The zero-order valence-corrected chi connectivity index (χ0v) is 11.7. The minimum Gasteiger partial charge on any atom is -0.468 e. The molecule has 1 amide bonds. The molecule has 0 saturated carbocycles. The van der Waals surface area contributed by atoms with Gasteiger partial charge in [-0.1, -0.05) is 17.7 Å². The van der Waals surface area contributed by atoms with Crippen LogP contribution in [0.2, 0.25) is 5.02 Å². The van der Waals surface area contributed by atoms with Gasteiger partial charge in [-0.05, 0) is 18.2 Å². The molecular weight excluding hydrogens is 266 g/mol. The molecule has 6 heteroatoms. The van der Waals surface area contributed by atoms with E-state index in [1.54, 1.807) is 37.0 Å². The average molecular weight is 280 g/mol. The highest BCUT2D eigenvalue weighted by Crippen LogP contribution is 2.21. The van der Waals surface area contributed by atoms with Crippen molar-refractivity contribution in [2.24, 2.45) is 0 Å². The summed E-state index contributed by atoms with van der Waals surface area (Å²) in [5, 5.41) is 0.605. The van der Waals surface area contributed by atoms with E-state index >= 15 is 0 Å². The van der Waals surface area contributed by atoms with Crippen molar-refractivity contribution in [3.05, 3.63) is 41.2 Å². The van der Waals surface area contributed by atoms with Crippen LogP contribution in [0.3, 0.4) is 0 Å². The first-order valence-corrected chi connectivity index (χ1v) is 6.01. The molecule has 0 bridgehead atoms. The smallest absolute Gasteiger partial charge is 0.301 e. The van der Waals surface area contributed by atoms with Crippen molar-refractivity contribution in [1.29, 1.82) is 0 Å². The Kier molecular flexibility index (Phi) is 3.76. The molecule has 19 heavy (non-hydrogen) atoms. The highest BCUT2D eigenvalue weighted by Gasteiger charge is 2.17. The first-order chi connectivity index (χ1) is 9.02. The molecule has 0 unspecified atom stereocenters. The lowest BCUT2D eigenvalue weighted by Gasteiger charge is -2.06. The molecule has 1 aromatic heterocycles. The summed E-state index contributed by atoms with van der Waals surface area (Å²) >= 11 is 5.96. The van der Waals surface area contributed by atoms with Crippen molar-refractivity contribution in [1.82, 2.24) is 14.5 Å². The number of amides is 1. The second-order valence-corrected chi connectivity index (χ2v) is 4.60. The molecule has 0 aliphatic carbocycles. The first-order valence-electron chi connectivity index (χ1n) is 5.64. The van der Waals surface area contributed by atoms with Crippen LogP contribution in [0.5, 0.6) is 6.01 Å². The topological polar surface area (TPSA) is 47.4 Å². The molecule has 0 fully saturated rings. The second kappa shape index (κ2) is 5.32. The van der Waals surface area contributed by atoms with E-state index in [0.29, 0.717) is 16.7 Å². The van der Waals surface area contributed by atoms with Gasteiger partial charge in [-0.2, -0.15) is 4.98 Å². The van der Waals surface area contributed by atoms with E-state index in [0.717, 1.165) is 5.69 Å². The second-order valence-electron chi connectivity index (χ2n) is 4.16. The van der Waals surface area contributed by atoms with Crippen LogP contribution in [0.4, 0.5) is 0 Å². The Morgan fingerprint density at radius 1 is 1.42 bits per heavy atom. The first kappa shape index (κ1) is 13.4. The molecule has 2 rings (SSSR count). The molecule has 0 saturated heterocycles. The molecule has 0 aliphatic heterocycles. The van der Waals surface area contributed by atoms with E-state index < -0.39 is 0 Å². The Bertz CT molecular complexity index is 608. The number of hydrogen-bond donors (Lipinski definition) is 0. The van der Waals surface area contributed by atoms with Crippen molar-refractivity contribution < 1.29 is 9.53 Å². The van der Waals surface area contributed by atoms with Gasteiger partial charge in [-0.3, -0.25) is 9.36 Å². The third kappa shape index (κ3) is 2.71. The number of rotatable bonds is 3. The lowest BCUT2D eigenvalue weighted by Crippen LogP contribution is -2.21. The van der Waals surface area contributed by atoms with Crippen LogP contribution < -0.4 is 4.74 Å². The summed E-state index contributed by atoms with van der Waals surface area (Å²) in [5.41, 5.74) is 1.11. The fourth-order valence-electron chi connectivity index (χ4n) is 1.65. The molecule has 0 radical (unpaired) electrons. The third-order valence-corrected chi connectivity index (χ3v) is 2.80. The van der Waals surface area contributed by atoms with E-state index in [4.69, 9.17) is 16.3 Å². The van der Waals surface area contributed by atoms with Gasteiger partial charge < -0.3 is 9.64 Å². The van der Waals surface area contributed by atoms with Gasteiger partial charge in [-0.25, -0.2) is 0 Å². The number of aromatic nitrogens is 2. The SMILES string of the molecule is COc1nc(C(=O)N(C)C)cn1-c1cccc(Cl)c1. The summed E-state index contributed by atoms with van der Waals surface area (Å²) in [6.45, 7) is 0. The van der Waals surface area contributed by atoms with Gasteiger partial charge in [0, 0.05) is 25.3 Å². The van der Waals surface area contributed by atoms with Gasteiger partial charge in [0.1, 0.15) is 0 Å². The Balaban J connectivity index is 2.49. The number of nitrogens with zero attached hydrogens (tertiary/aromatic N) is 3. The van der Waals surface area contributed by atoms with E-state index in [1.807, 2.05) is 12.1 Å². The molecule has 0 N–H and O–H groups in total. The molecule has 1 heterocycles. The lowest BCUT2D eigenvalue weighted by molar-refractivity contribution is 0.0822. The van der Waals surface area contributed by atoms with Gasteiger partial charge in [-0.15, -0.1) is 0 Å².